The van der Waals surface area contributed by atoms with Crippen LogP contribution in [-0.2, 0) is 4.74 Å². The summed E-state index contributed by atoms with van der Waals surface area (Å²) in [6.07, 6.45) is 0. The van der Waals surface area contributed by atoms with Crippen LogP contribution in [0.25, 0.3) is 0 Å². The Bertz CT molecular complexity index is 443. The Kier molecular flexibility index (Phi) is 4.74. The van der Waals surface area contributed by atoms with Gasteiger partial charge in [0.15, 0.2) is 0 Å². The molecule has 0 heterocycles. The molecule has 1 aromatic carbocycles. The van der Waals surface area contributed by atoms with Crippen molar-refractivity contribution in [2.75, 3.05) is 20.0 Å². The van der Waals surface area contributed by atoms with Gasteiger partial charge in [0, 0.05) is 0 Å². The largest absolute Gasteiger partial charge is 0.495 e. The van der Waals surface area contributed by atoms with Gasteiger partial charge in [0.1, 0.15) is 5.75 Å². The van der Waals surface area contributed by atoms with Gasteiger partial charge in [-0.1, -0.05) is 11.8 Å². The average Bonchev–Trinajstić information content (AvgIpc) is 2.34. The predicted octanol–water partition coefficient (Wildman–Crippen LogP) is 1.76. The highest BCUT2D eigenvalue weighted by molar-refractivity contribution is 7.80. The minimum Gasteiger partial charge on any atom is -0.495 e. The quantitative estimate of drug-likeness (QED) is 0.483. The standard InChI is InChI=1S/C12H12O3S/c1-14-11-6-5-10(12(13)15-2)8-9(11)4-3-7-16/h5-6,8,16H,7H2,1-2H3. The zero-order valence-electron chi connectivity index (χ0n) is 9.11. The van der Waals surface area contributed by atoms with E-state index in [0.29, 0.717) is 22.6 Å². The lowest BCUT2D eigenvalue weighted by molar-refractivity contribution is 0.0600. The number of esters is 1. The van der Waals surface area contributed by atoms with Crippen molar-refractivity contribution in [3.8, 4) is 17.6 Å². The van der Waals surface area contributed by atoms with Gasteiger partial charge in [-0.3, -0.25) is 0 Å². The molecule has 0 fully saturated rings. The third-order valence-electron chi connectivity index (χ3n) is 1.92. The number of carbonyl (C=O) groups excluding carboxylic acids is 1. The zero-order chi connectivity index (χ0) is 12.0. The van der Waals surface area contributed by atoms with Gasteiger partial charge in [-0.05, 0) is 18.2 Å². The second-order valence-electron chi connectivity index (χ2n) is 2.87. The van der Waals surface area contributed by atoms with Crippen molar-refractivity contribution in [3.63, 3.8) is 0 Å². The Morgan fingerprint density at radius 1 is 1.44 bits per heavy atom. The molecule has 0 unspecified atom stereocenters. The van der Waals surface area contributed by atoms with E-state index in [1.165, 1.54) is 7.11 Å². The number of carbonyl (C=O) groups is 1. The molecular formula is C12H12O3S. The molecule has 16 heavy (non-hydrogen) atoms. The van der Waals surface area contributed by atoms with Gasteiger partial charge in [0.2, 0.25) is 0 Å². The SMILES string of the molecule is COC(=O)c1ccc(OC)c(C#CCS)c1. The Balaban J connectivity index is 3.15. The molecule has 1 rings (SSSR count). The van der Waals surface area contributed by atoms with E-state index in [0.717, 1.165) is 0 Å². The molecule has 0 aromatic heterocycles. The lowest BCUT2D eigenvalue weighted by atomic mass is 10.1. The molecule has 84 valence electrons. The molecule has 1 aromatic rings. The Morgan fingerprint density at radius 3 is 2.75 bits per heavy atom. The molecule has 0 aliphatic rings. The summed E-state index contributed by atoms with van der Waals surface area (Å²) in [5, 5.41) is 0. The first-order valence-corrected chi connectivity index (χ1v) is 5.22. The van der Waals surface area contributed by atoms with Gasteiger partial charge in [-0.2, -0.15) is 12.6 Å². The minimum atomic E-state index is -0.392. The van der Waals surface area contributed by atoms with Crippen molar-refractivity contribution in [3.05, 3.63) is 29.3 Å². The summed E-state index contributed by atoms with van der Waals surface area (Å²) in [5.74, 6) is 6.36. The second kappa shape index (κ2) is 6.09. The predicted molar refractivity (Wildman–Crippen MR) is 65.1 cm³/mol. The second-order valence-corrected chi connectivity index (χ2v) is 3.18. The Labute approximate surface area is 100 Å². The van der Waals surface area contributed by atoms with Crippen LogP contribution < -0.4 is 4.74 Å². The lowest BCUT2D eigenvalue weighted by Crippen LogP contribution is -2.02. The maximum atomic E-state index is 11.3. The molecule has 0 atom stereocenters. The van der Waals surface area contributed by atoms with E-state index in [4.69, 9.17) is 4.74 Å². The first-order chi connectivity index (χ1) is 7.72. The normalized spacial score (nSPS) is 8.94. The summed E-state index contributed by atoms with van der Waals surface area (Å²) in [4.78, 5) is 11.3. The number of benzene rings is 1. The fraction of sp³-hybridized carbons (Fsp3) is 0.250. The monoisotopic (exact) mass is 236 g/mol. The van der Waals surface area contributed by atoms with Crippen LogP contribution in [0.15, 0.2) is 18.2 Å². The highest BCUT2D eigenvalue weighted by Gasteiger charge is 2.08. The van der Waals surface area contributed by atoms with Gasteiger partial charge in [0.25, 0.3) is 0 Å². The summed E-state index contributed by atoms with van der Waals surface area (Å²) < 4.78 is 9.76. The maximum absolute atomic E-state index is 11.3. The van der Waals surface area contributed by atoms with E-state index >= 15 is 0 Å². The number of thiol groups is 1. The molecule has 0 bridgehead atoms. The molecule has 0 spiro atoms. The molecule has 3 nitrogen and oxygen atoms in total. The van der Waals surface area contributed by atoms with Crippen LogP contribution in [0.2, 0.25) is 0 Å². The zero-order valence-corrected chi connectivity index (χ0v) is 10.0. The summed E-state index contributed by atoms with van der Waals surface area (Å²) in [7, 11) is 2.89. The third-order valence-corrected chi connectivity index (χ3v) is 2.08. The van der Waals surface area contributed by atoms with Gasteiger partial charge in [-0.15, -0.1) is 0 Å². The maximum Gasteiger partial charge on any atom is 0.337 e. The number of ether oxygens (including phenoxy) is 2. The minimum absolute atomic E-state index is 0.392. The Morgan fingerprint density at radius 2 is 2.19 bits per heavy atom. The van der Waals surface area contributed by atoms with Crippen molar-refractivity contribution in [2.45, 2.75) is 0 Å². The van der Waals surface area contributed by atoms with Crippen molar-refractivity contribution >= 4 is 18.6 Å². The van der Waals surface area contributed by atoms with Crippen molar-refractivity contribution in [1.82, 2.24) is 0 Å². The van der Waals surface area contributed by atoms with Crippen molar-refractivity contribution in [2.24, 2.45) is 0 Å². The van der Waals surface area contributed by atoms with E-state index < -0.39 is 5.97 Å². The van der Waals surface area contributed by atoms with Crippen LogP contribution >= 0.6 is 12.6 Å². The van der Waals surface area contributed by atoms with Crippen LogP contribution in [-0.4, -0.2) is 25.9 Å². The van der Waals surface area contributed by atoms with E-state index in [1.807, 2.05) is 0 Å². The van der Waals surface area contributed by atoms with Crippen LogP contribution in [0.5, 0.6) is 5.75 Å². The molecule has 0 aliphatic heterocycles. The summed E-state index contributed by atoms with van der Waals surface area (Å²) >= 11 is 3.99. The van der Waals surface area contributed by atoms with Crippen LogP contribution in [0.4, 0.5) is 0 Å². The van der Waals surface area contributed by atoms with Crippen LogP contribution in [0.1, 0.15) is 15.9 Å². The first kappa shape index (κ1) is 12.5. The summed E-state index contributed by atoms with van der Waals surface area (Å²) in [6.45, 7) is 0. The number of rotatable bonds is 2. The van der Waals surface area contributed by atoms with E-state index in [-0.39, 0.29) is 0 Å². The van der Waals surface area contributed by atoms with Gasteiger partial charge >= 0.3 is 5.97 Å². The Hall–Kier alpha value is -1.60. The molecule has 0 saturated heterocycles. The summed E-state index contributed by atoms with van der Waals surface area (Å²) in [6, 6.07) is 4.96. The number of hydrogen-bond donors (Lipinski definition) is 1. The number of methoxy groups -OCH3 is 2. The van der Waals surface area contributed by atoms with E-state index in [1.54, 1.807) is 25.3 Å². The summed E-state index contributed by atoms with van der Waals surface area (Å²) in [5.41, 5.74) is 1.10. The van der Waals surface area contributed by atoms with Crippen LogP contribution in [0.3, 0.4) is 0 Å². The average molecular weight is 236 g/mol. The number of hydrogen-bond acceptors (Lipinski definition) is 4. The van der Waals surface area contributed by atoms with Crippen molar-refractivity contribution < 1.29 is 14.3 Å². The first-order valence-electron chi connectivity index (χ1n) is 4.59. The molecule has 0 aliphatic carbocycles. The fourth-order valence-electron chi connectivity index (χ4n) is 1.19. The highest BCUT2D eigenvalue weighted by Crippen LogP contribution is 2.19. The fourth-order valence-corrected chi connectivity index (χ4v) is 1.26. The lowest BCUT2D eigenvalue weighted by Gasteiger charge is -2.05. The van der Waals surface area contributed by atoms with Crippen LogP contribution in [0, 0.1) is 11.8 Å². The van der Waals surface area contributed by atoms with Crippen molar-refractivity contribution in [1.29, 1.82) is 0 Å². The van der Waals surface area contributed by atoms with E-state index in [2.05, 4.69) is 29.2 Å². The van der Waals surface area contributed by atoms with Gasteiger partial charge in [-0.25, -0.2) is 4.79 Å². The molecular weight excluding hydrogens is 224 g/mol. The van der Waals surface area contributed by atoms with E-state index in [9.17, 15) is 4.79 Å². The highest BCUT2D eigenvalue weighted by atomic mass is 32.1. The molecule has 0 N–H and O–H groups in total. The van der Waals surface area contributed by atoms with Gasteiger partial charge in [0.05, 0.1) is 31.1 Å². The molecule has 4 heteroatoms. The molecule has 0 saturated carbocycles. The smallest absolute Gasteiger partial charge is 0.337 e. The van der Waals surface area contributed by atoms with Gasteiger partial charge < -0.3 is 9.47 Å². The topological polar surface area (TPSA) is 35.5 Å². The molecule has 0 amide bonds. The molecule has 0 radical (unpaired) electrons. The third kappa shape index (κ3) is 2.94.